The Kier molecular flexibility index (Phi) is 6.61. The molecule has 0 bridgehead atoms. The summed E-state index contributed by atoms with van der Waals surface area (Å²) in [7, 11) is -4.75. The highest BCUT2D eigenvalue weighted by atomic mass is 31.2. The zero-order valence-corrected chi connectivity index (χ0v) is 7.79. The number of hydrogen-bond donors (Lipinski definition) is 1. The molecule has 0 aromatic carbocycles. The Balaban J connectivity index is 3.06. The van der Waals surface area contributed by atoms with Crippen LogP contribution in [0.1, 0.15) is 25.7 Å². The maximum absolute atomic E-state index is 9.95. The van der Waals surface area contributed by atoms with E-state index < -0.39 is 7.82 Å². The maximum atomic E-state index is 9.95. The summed E-state index contributed by atoms with van der Waals surface area (Å²) in [5.74, 6) is 0. The van der Waals surface area contributed by atoms with Crippen molar-refractivity contribution in [2.24, 2.45) is 5.73 Å². The summed E-state index contributed by atoms with van der Waals surface area (Å²) < 4.78 is 14.0. The van der Waals surface area contributed by atoms with Crippen molar-refractivity contribution in [1.29, 1.82) is 0 Å². The van der Waals surface area contributed by atoms with Gasteiger partial charge in [0.05, 0.1) is 14.4 Å². The van der Waals surface area contributed by atoms with Gasteiger partial charge in [-0.2, -0.15) is 0 Å². The molecule has 0 aromatic rings. The van der Waals surface area contributed by atoms with Gasteiger partial charge in [0.2, 0.25) is 0 Å². The molecule has 5 nitrogen and oxygen atoms in total. The molecule has 0 rings (SSSR count). The van der Waals surface area contributed by atoms with E-state index in [-0.39, 0.29) is 6.61 Å². The van der Waals surface area contributed by atoms with Gasteiger partial charge < -0.3 is 24.6 Å². The van der Waals surface area contributed by atoms with Crippen molar-refractivity contribution in [3.63, 3.8) is 0 Å². The van der Waals surface area contributed by atoms with Gasteiger partial charge in [-0.3, -0.25) is 0 Å². The second-order valence-electron chi connectivity index (χ2n) is 2.48. The minimum Gasteiger partial charge on any atom is -0.790 e. The fourth-order valence-electron chi connectivity index (χ4n) is 0.776. The predicted molar refractivity (Wildman–Crippen MR) is 41.1 cm³/mol. The SMILES string of the molecule is NCCCCCCOP(=O)([O-])[O-]. The number of rotatable bonds is 7. The lowest BCUT2D eigenvalue weighted by molar-refractivity contribution is -0.341. The van der Waals surface area contributed by atoms with Crippen molar-refractivity contribution in [3.8, 4) is 0 Å². The molecule has 0 aliphatic rings. The van der Waals surface area contributed by atoms with E-state index in [1.54, 1.807) is 0 Å². The van der Waals surface area contributed by atoms with Crippen LogP contribution in [0.25, 0.3) is 0 Å². The molecule has 0 saturated heterocycles. The number of unbranched alkanes of at least 4 members (excludes halogenated alkanes) is 3. The average molecular weight is 195 g/mol. The smallest absolute Gasteiger partial charge is 0.0596 e. The van der Waals surface area contributed by atoms with E-state index in [2.05, 4.69) is 4.52 Å². The van der Waals surface area contributed by atoms with Crippen LogP contribution >= 0.6 is 7.82 Å². The molecule has 0 saturated carbocycles. The first kappa shape index (κ1) is 12.1. The van der Waals surface area contributed by atoms with E-state index in [0.29, 0.717) is 13.0 Å². The van der Waals surface area contributed by atoms with Crippen LogP contribution in [0.4, 0.5) is 0 Å². The van der Waals surface area contributed by atoms with Crippen molar-refractivity contribution in [2.75, 3.05) is 13.2 Å². The summed E-state index contributed by atoms with van der Waals surface area (Å²) in [4.78, 5) is 19.9. The molecule has 0 fully saturated rings. The monoisotopic (exact) mass is 195 g/mol. The van der Waals surface area contributed by atoms with Crippen molar-refractivity contribution in [3.05, 3.63) is 0 Å². The maximum Gasteiger partial charge on any atom is 0.0596 e. The quantitative estimate of drug-likeness (QED) is 0.430. The van der Waals surface area contributed by atoms with Crippen LogP contribution in [0.5, 0.6) is 0 Å². The van der Waals surface area contributed by atoms with Gasteiger partial charge in [0.1, 0.15) is 0 Å². The van der Waals surface area contributed by atoms with Crippen LogP contribution in [0, 0.1) is 0 Å². The van der Waals surface area contributed by atoms with Crippen LogP contribution < -0.4 is 15.5 Å². The topological polar surface area (TPSA) is 98.4 Å². The molecule has 74 valence electrons. The van der Waals surface area contributed by atoms with Crippen molar-refractivity contribution in [1.82, 2.24) is 0 Å². The van der Waals surface area contributed by atoms with Crippen LogP contribution in [0.3, 0.4) is 0 Å². The van der Waals surface area contributed by atoms with Gasteiger partial charge in [-0.25, -0.2) is 0 Å². The van der Waals surface area contributed by atoms with E-state index in [1.165, 1.54) is 0 Å². The lowest BCUT2D eigenvalue weighted by Crippen LogP contribution is -2.16. The molecule has 0 amide bonds. The van der Waals surface area contributed by atoms with Gasteiger partial charge in [0.15, 0.2) is 0 Å². The first-order valence-electron chi connectivity index (χ1n) is 3.93. The van der Waals surface area contributed by atoms with Gasteiger partial charge >= 0.3 is 0 Å². The van der Waals surface area contributed by atoms with Crippen molar-refractivity contribution >= 4 is 7.82 Å². The second-order valence-corrected chi connectivity index (χ2v) is 3.64. The van der Waals surface area contributed by atoms with Crippen molar-refractivity contribution in [2.45, 2.75) is 25.7 Å². The highest BCUT2D eigenvalue weighted by molar-refractivity contribution is 7.43. The fourth-order valence-corrected chi connectivity index (χ4v) is 1.13. The largest absolute Gasteiger partial charge is 0.790 e. The van der Waals surface area contributed by atoms with Gasteiger partial charge in [0, 0.05) is 0 Å². The molecule has 0 aliphatic carbocycles. The number of phosphoric acid groups is 1. The average Bonchev–Trinajstić information content (AvgIpc) is 1.94. The summed E-state index contributed by atoms with van der Waals surface area (Å²) in [6, 6.07) is 0. The van der Waals surface area contributed by atoms with E-state index >= 15 is 0 Å². The highest BCUT2D eigenvalue weighted by Crippen LogP contribution is 2.24. The minimum atomic E-state index is -4.75. The number of nitrogens with two attached hydrogens (primary N) is 1. The first-order chi connectivity index (χ1) is 5.56. The summed E-state index contributed by atoms with van der Waals surface area (Å²) in [5, 5.41) is 0. The zero-order chi connectivity index (χ0) is 9.45. The van der Waals surface area contributed by atoms with Crippen LogP contribution in [-0.2, 0) is 9.09 Å². The Labute approximate surface area is 72.2 Å². The summed E-state index contributed by atoms with van der Waals surface area (Å²) in [6.45, 7) is 0.636. The molecule has 0 radical (unpaired) electrons. The Morgan fingerprint density at radius 3 is 2.25 bits per heavy atom. The number of hydrogen-bond acceptors (Lipinski definition) is 5. The standard InChI is InChI=1S/C6H16NO4P/c7-5-3-1-2-4-6-11-12(8,9)10/h1-7H2,(H2,8,9,10)/p-2. The molecule has 0 atom stereocenters. The molecule has 6 heteroatoms. The fraction of sp³-hybridized carbons (Fsp3) is 1.00. The molecule has 0 heterocycles. The van der Waals surface area contributed by atoms with Crippen molar-refractivity contribution < 1.29 is 18.9 Å². The zero-order valence-electron chi connectivity index (χ0n) is 6.90. The Morgan fingerprint density at radius 2 is 1.75 bits per heavy atom. The molecular weight excluding hydrogens is 181 g/mol. The Hall–Kier alpha value is 0.0700. The van der Waals surface area contributed by atoms with E-state index in [4.69, 9.17) is 5.73 Å². The van der Waals surface area contributed by atoms with Crippen LogP contribution in [-0.4, -0.2) is 13.2 Å². The van der Waals surface area contributed by atoms with E-state index in [9.17, 15) is 14.4 Å². The molecule has 0 aromatic heterocycles. The van der Waals surface area contributed by atoms with Gasteiger partial charge in [-0.1, -0.05) is 12.8 Å². The molecule has 12 heavy (non-hydrogen) atoms. The Bertz CT molecular complexity index is 146. The number of phosphoric ester groups is 1. The third-order valence-corrected chi connectivity index (χ3v) is 1.85. The predicted octanol–water partition coefficient (Wildman–Crippen LogP) is -0.649. The molecule has 2 N–H and O–H groups in total. The molecular formula is C6H14NO4P-2. The summed E-state index contributed by atoms with van der Waals surface area (Å²) >= 11 is 0. The minimum absolute atomic E-state index is 0.00511. The molecule has 0 unspecified atom stereocenters. The van der Waals surface area contributed by atoms with Crippen LogP contribution in [0.2, 0.25) is 0 Å². The highest BCUT2D eigenvalue weighted by Gasteiger charge is 1.91. The summed E-state index contributed by atoms with van der Waals surface area (Å²) in [6.07, 6.45) is 3.31. The molecule has 0 spiro atoms. The third kappa shape index (κ3) is 10.1. The second kappa shape index (κ2) is 6.57. The lowest BCUT2D eigenvalue weighted by Gasteiger charge is -2.28. The van der Waals surface area contributed by atoms with Gasteiger partial charge in [-0.05, 0) is 19.4 Å². The van der Waals surface area contributed by atoms with E-state index in [0.717, 1.165) is 19.3 Å². The summed E-state index contributed by atoms with van der Waals surface area (Å²) in [5.41, 5.74) is 5.24. The first-order valence-corrected chi connectivity index (χ1v) is 5.39. The lowest BCUT2D eigenvalue weighted by atomic mass is 10.2. The van der Waals surface area contributed by atoms with E-state index in [1.807, 2.05) is 0 Å². The van der Waals surface area contributed by atoms with Gasteiger partial charge in [-0.15, -0.1) is 0 Å². The van der Waals surface area contributed by atoms with Gasteiger partial charge in [0.25, 0.3) is 0 Å². The van der Waals surface area contributed by atoms with Crippen LogP contribution in [0.15, 0.2) is 0 Å². The Morgan fingerprint density at radius 1 is 1.17 bits per heavy atom. The normalized spacial score (nSPS) is 11.9. The third-order valence-electron chi connectivity index (χ3n) is 1.35. The molecule has 0 aliphatic heterocycles.